The van der Waals surface area contributed by atoms with Crippen molar-refractivity contribution in [3.8, 4) is 5.75 Å². The fraction of sp³-hybridized carbons (Fsp3) is 0.240. The number of fused-ring (bicyclic) bond motifs is 1. The van der Waals surface area contributed by atoms with Gasteiger partial charge < -0.3 is 9.64 Å². The van der Waals surface area contributed by atoms with Gasteiger partial charge in [-0.25, -0.2) is 8.42 Å². The summed E-state index contributed by atoms with van der Waals surface area (Å²) in [4.78, 5) is 15.2. The Bertz CT molecular complexity index is 1240. The van der Waals surface area contributed by atoms with Gasteiger partial charge in [0.25, 0.3) is 5.91 Å². The van der Waals surface area contributed by atoms with Gasteiger partial charge in [0, 0.05) is 30.9 Å². The molecule has 0 fully saturated rings. The molecule has 1 amide bonds. The van der Waals surface area contributed by atoms with Crippen LogP contribution in [0.15, 0.2) is 77.7 Å². The number of carbonyl (C=O) groups is 1. The molecule has 6 nitrogen and oxygen atoms in total. The summed E-state index contributed by atoms with van der Waals surface area (Å²) in [7, 11) is -0.951. The van der Waals surface area contributed by atoms with E-state index in [2.05, 4.69) is 0 Å². The molecule has 0 bridgehead atoms. The van der Waals surface area contributed by atoms with E-state index in [0.29, 0.717) is 5.56 Å². The lowest BCUT2D eigenvalue weighted by molar-refractivity contribution is 0.0981. The second-order valence-corrected chi connectivity index (χ2v) is 9.98. The Kier molecular flexibility index (Phi) is 6.04. The van der Waals surface area contributed by atoms with Crippen molar-refractivity contribution in [3.63, 3.8) is 0 Å². The second-order valence-electron chi connectivity index (χ2n) is 7.97. The number of methoxy groups -OCH3 is 1. The van der Waals surface area contributed by atoms with Crippen molar-refractivity contribution in [3.05, 3.63) is 89.5 Å². The third-order valence-corrected chi connectivity index (χ3v) is 7.60. The van der Waals surface area contributed by atoms with Gasteiger partial charge in [-0.15, -0.1) is 0 Å². The molecule has 3 aromatic rings. The van der Waals surface area contributed by atoms with Gasteiger partial charge in [-0.05, 0) is 48.7 Å². The molecule has 166 valence electrons. The van der Waals surface area contributed by atoms with Crippen molar-refractivity contribution in [2.24, 2.45) is 0 Å². The largest absolute Gasteiger partial charge is 0.495 e. The van der Waals surface area contributed by atoms with Crippen LogP contribution in [0.3, 0.4) is 0 Å². The fourth-order valence-corrected chi connectivity index (χ4v) is 5.46. The van der Waals surface area contributed by atoms with Crippen LogP contribution in [0.2, 0.25) is 0 Å². The molecule has 1 atom stereocenters. The van der Waals surface area contributed by atoms with E-state index in [1.54, 1.807) is 17.0 Å². The lowest BCUT2D eigenvalue weighted by Gasteiger charge is -2.24. The summed E-state index contributed by atoms with van der Waals surface area (Å²) in [5.74, 6) is -0.0244. The number of carbonyl (C=O) groups excluding carboxylic acids is 1. The summed E-state index contributed by atoms with van der Waals surface area (Å²) in [6.45, 7) is 2.20. The maximum absolute atomic E-state index is 13.4. The SMILES string of the molecule is COc1ccc(C(=O)N2c3ccccc3C[C@H]2C)cc1S(=O)(=O)N(C)Cc1ccccc1. The van der Waals surface area contributed by atoms with Gasteiger partial charge in [0.05, 0.1) is 7.11 Å². The Labute approximate surface area is 189 Å². The molecule has 0 aliphatic carbocycles. The second kappa shape index (κ2) is 8.76. The Balaban J connectivity index is 1.69. The molecule has 0 spiro atoms. The van der Waals surface area contributed by atoms with E-state index >= 15 is 0 Å². The van der Waals surface area contributed by atoms with Crippen LogP contribution in [0.25, 0.3) is 0 Å². The number of hydrogen-bond donors (Lipinski definition) is 0. The maximum atomic E-state index is 13.4. The minimum Gasteiger partial charge on any atom is -0.495 e. The topological polar surface area (TPSA) is 66.9 Å². The number of benzene rings is 3. The Hall–Kier alpha value is -3.16. The van der Waals surface area contributed by atoms with E-state index in [1.165, 1.54) is 24.5 Å². The molecular formula is C25H26N2O4S. The zero-order chi connectivity index (χ0) is 22.9. The van der Waals surface area contributed by atoms with Crippen LogP contribution in [0.4, 0.5) is 5.69 Å². The van der Waals surface area contributed by atoms with Crippen LogP contribution >= 0.6 is 0 Å². The quantitative estimate of drug-likeness (QED) is 0.567. The van der Waals surface area contributed by atoms with E-state index in [4.69, 9.17) is 4.74 Å². The van der Waals surface area contributed by atoms with Crippen LogP contribution in [0, 0.1) is 0 Å². The van der Waals surface area contributed by atoms with Gasteiger partial charge in [-0.2, -0.15) is 4.31 Å². The number of rotatable bonds is 6. The van der Waals surface area contributed by atoms with Gasteiger partial charge in [-0.1, -0.05) is 48.5 Å². The van der Waals surface area contributed by atoms with Crippen molar-refractivity contribution < 1.29 is 17.9 Å². The standard InChI is InChI=1S/C25H26N2O4S/c1-18-15-20-11-7-8-12-22(20)27(18)25(28)21-13-14-23(31-3)24(16-21)32(29,30)26(2)17-19-9-5-4-6-10-19/h4-14,16,18H,15,17H2,1-3H3/t18-/m1/s1. The zero-order valence-corrected chi connectivity index (χ0v) is 19.2. The van der Waals surface area contributed by atoms with Crippen molar-refractivity contribution in [2.45, 2.75) is 30.8 Å². The van der Waals surface area contributed by atoms with Crippen molar-refractivity contribution in [2.75, 3.05) is 19.1 Å². The van der Waals surface area contributed by atoms with E-state index in [9.17, 15) is 13.2 Å². The minimum atomic E-state index is -3.90. The Morgan fingerprint density at radius 3 is 2.47 bits per heavy atom. The first-order valence-electron chi connectivity index (χ1n) is 10.4. The average molecular weight is 451 g/mol. The van der Waals surface area contributed by atoms with Crippen LogP contribution in [-0.2, 0) is 23.0 Å². The molecule has 1 aliphatic heterocycles. The molecule has 0 unspecified atom stereocenters. The first kappa shape index (κ1) is 22.0. The van der Waals surface area contributed by atoms with Gasteiger partial charge >= 0.3 is 0 Å². The van der Waals surface area contributed by atoms with Gasteiger partial charge in [0.15, 0.2) is 0 Å². The number of hydrogen-bond acceptors (Lipinski definition) is 4. The highest BCUT2D eigenvalue weighted by Crippen LogP contribution is 2.34. The molecule has 0 aromatic heterocycles. The first-order chi connectivity index (χ1) is 15.3. The number of para-hydroxylation sites is 1. The van der Waals surface area contributed by atoms with E-state index < -0.39 is 10.0 Å². The van der Waals surface area contributed by atoms with Crippen molar-refractivity contribution in [1.29, 1.82) is 0 Å². The molecule has 0 radical (unpaired) electrons. The summed E-state index contributed by atoms with van der Waals surface area (Å²) in [6.07, 6.45) is 0.767. The lowest BCUT2D eigenvalue weighted by Crippen LogP contribution is -2.36. The van der Waals surface area contributed by atoms with Crippen molar-refractivity contribution in [1.82, 2.24) is 4.31 Å². The predicted octanol–water partition coefficient (Wildman–Crippen LogP) is 4.11. The summed E-state index contributed by atoms with van der Waals surface area (Å²) < 4.78 is 33.4. The van der Waals surface area contributed by atoms with Gasteiger partial charge in [-0.3, -0.25) is 4.79 Å². The smallest absolute Gasteiger partial charge is 0.258 e. The lowest BCUT2D eigenvalue weighted by atomic mass is 10.1. The van der Waals surface area contributed by atoms with E-state index in [1.807, 2.05) is 61.5 Å². The van der Waals surface area contributed by atoms with Crippen LogP contribution in [-0.4, -0.2) is 38.8 Å². The normalized spacial score (nSPS) is 15.6. The third-order valence-electron chi connectivity index (χ3n) is 5.77. The molecule has 1 aliphatic rings. The van der Waals surface area contributed by atoms with Crippen LogP contribution < -0.4 is 9.64 Å². The number of ether oxygens (including phenoxy) is 1. The number of amides is 1. The summed E-state index contributed by atoms with van der Waals surface area (Å²) >= 11 is 0. The summed E-state index contributed by atoms with van der Waals surface area (Å²) in [5.41, 5.74) is 3.15. The first-order valence-corrected chi connectivity index (χ1v) is 11.9. The molecule has 7 heteroatoms. The van der Waals surface area contributed by atoms with Crippen LogP contribution in [0.1, 0.15) is 28.4 Å². The molecule has 0 saturated heterocycles. The zero-order valence-electron chi connectivity index (χ0n) is 18.4. The number of anilines is 1. The minimum absolute atomic E-state index is 0.0113. The fourth-order valence-electron chi connectivity index (χ4n) is 4.12. The monoisotopic (exact) mass is 450 g/mol. The molecular weight excluding hydrogens is 424 g/mol. The van der Waals surface area contributed by atoms with E-state index in [0.717, 1.165) is 23.2 Å². The third kappa shape index (κ3) is 4.01. The average Bonchev–Trinajstić information content (AvgIpc) is 3.14. The van der Waals surface area contributed by atoms with Crippen molar-refractivity contribution >= 4 is 21.6 Å². The molecule has 0 saturated carbocycles. The van der Waals surface area contributed by atoms with E-state index in [-0.39, 0.29) is 29.1 Å². The molecule has 1 heterocycles. The molecule has 32 heavy (non-hydrogen) atoms. The predicted molar refractivity (Wildman–Crippen MR) is 125 cm³/mol. The van der Waals surface area contributed by atoms with Crippen LogP contribution in [0.5, 0.6) is 5.75 Å². The number of nitrogens with zero attached hydrogens (tertiary/aromatic N) is 2. The summed E-state index contributed by atoms with van der Waals surface area (Å²) in [5, 5.41) is 0. The Morgan fingerprint density at radius 1 is 1.06 bits per heavy atom. The molecule has 4 rings (SSSR count). The molecule has 3 aromatic carbocycles. The maximum Gasteiger partial charge on any atom is 0.258 e. The van der Waals surface area contributed by atoms with Gasteiger partial charge in [0.1, 0.15) is 10.6 Å². The highest BCUT2D eigenvalue weighted by molar-refractivity contribution is 7.89. The summed E-state index contributed by atoms with van der Waals surface area (Å²) in [6, 6.07) is 21.7. The number of sulfonamides is 1. The highest BCUT2D eigenvalue weighted by atomic mass is 32.2. The Morgan fingerprint density at radius 2 is 1.75 bits per heavy atom. The highest BCUT2D eigenvalue weighted by Gasteiger charge is 2.33. The molecule has 0 N–H and O–H groups in total. The van der Waals surface area contributed by atoms with Gasteiger partial charge in [0.2, 0.25) is 10.0 Å².